The van der Waals surface area contributed by atoms with Crippen LogP contribution in [0.25, 0.3) is 16.5 Å². The molecule has 1 N–H and O–H groups in total. The van der Waals surface area contributed by atoms with Crippen LogP contribution in [0.4, 0.5) is 0 Å². The van der Waals surface area contributed by atoms with Gasteiger partial charge in [0.2, 0.25) is 5.91 Å². The fraction of sp³-hybridized carbons (Fsp3) is 0.227. The number of hydrogen-bond acceptors (Lipinski definition) is 3. The van der Waals surface area contributed by atoms with Crippen LogP contribution in [0.15, 0.2) is 53.0 Å². The molecule has 1 aromatic heterocycles. The molecule has 3 rings (SSSR count). The Hall–Kier alpha value is -3.01. The van der Waals surface area contributed by atoms with E-state index in [4.69, 9.17) is 9.15 Å². The lowest BCUT2D eigenvalue weighted by Gasteiger charge is -2.10. The molecule has 1 amide bonds. The van der Waals surface area contributed by atoms with Gasteiger partial charge in [-0.3, -0.25) is 4.79 Å². The van der Waals surface area contributed by atoms with Crippen molar-refractivity contribution in [1.29, 1.82) is 0 Å². The number of fused-ring (bicyclic) bond motifs is 1. The SMILES string of the molecule is COc1cc2oc(C)c(C)c2cc1/C(C)=C/C(=O)NCc1ccccc1. The molecule has 0 fully saturated rings. The highest BCUT2D eigenvalue weighted by atomic mass is 16.5. The van der Waals surface area contributed by atoms with E-state index in [1.165, 1.54) is 0 Å². The summed E-state index contributed by atoms with van der Waals surface area (Å²) in [4.78, 5) is 12.3. The highest BCUT2D eigenvalue weighted by Gasteiger charge is 2.14. The molecule has 2 aromatic carbocycles. The van der Waals surface area contributed by atoms with Gasteiger partial charge in [0.25, 0.3) is 0 Å². The Kier molecular flexibility index (Phi) is 5.12. The monoisotopic (exact) mass is 349 g/mol. The van der Waals surface area contributed by atoms with E-state index < -0.39 is 0 Å². The fourth-order valence-corrected chi connectivity index (χ4v) is 2.96. The van der Waals surface area contributed by atoms with E-state index in [-0.39, 0.29) is 5.91 Å². The average molecular weight is 349 g/mol. The van der Waals surface area contributed by atoms with Crippen LogP contribution in [0, 0.1) is 13.8 Å². The minimum absolute atomic E-state index is 0.131. The van der Waals surface area contributed by atoms with E-state index in [2.05, 4.69) is 5.32 Å². The van der Waals surface area contributed by atoms with Gasteiger partial charge >= 0.3 is 0 Å². The molecule has 0 aliphatic rings. The Morgan fingerprint density at radius 2 is 1.92 bits per heavy atom. The van der Waals surface area contributed by atoms with Crippen molar-refractivity contribution in [2.45, 2.75) is 27.3 Å². The van der Waals surface area contributed by atoms with Crippen LogP contribution in [0.5, 0.6) is 5.75 Å². The Balaban J connectivity index is 1.85. The number of carbonyl (C=O) groups excluding carboxylic acids is 1. The molecular formula is C22H23NO3. The maximum atomic E-state index is 12.3. The molecule has 134 valence electrons. The molecule has 0 radical (unpaired) electrons. The summed E-state index contributed by atoms with van der Waals surface area (Å²) in [7, 11) is 1.62. The predicted octanol–water partition coefficient (Wildman–Crippen LogP) is 4.78. The van der Waals surface area contributed by atoms with Crippen molar-refractivity contribution in [1.82, 2.24) is 5.32 Å². The number of furan rings is 1. The predicted molar refractivity (Wildman–Crippen MR) is 104 cm³/mol. The summed E-state index contributed by atoms with van der Waals surface area (Å²) >= 11 is 0. The third-order valence-electron chi connectivity index (χ3n) is 4.58. The van der Waals surface area contributed by atoms with Crippen molar-refractivity contribution in [2.75, 3.05) is 7.11 Å². The lowest BCUT2D eigenvalue weighted by Crippen LogP contribution is -2.20. The Morgan fingerprint density at radius 3 is 2.62 bits per heavy atom. The van der Waals surface area contributed by atoms with Crippen LogP contribution in [0.1, 0.15) is 29.4 Å². The second-order valence-electron chi connectivity index (χ2n) is 6.36. The summed E-state index contributed by atoms with van der Waals surface area (Å²) in [6.07, 6.45) is 1.61. The van der Waals surface area contributed by atoms with Crippen LogP contribution < -0.4 is 10.1 Å². The molecule has 1 heterocycles. The van der Waals surface area contributed by atoms with Crippen LogP contribution in [0.3, 0.4) is 0 Å². The van der Waals surface area contributed by atoms with E-state index in [1.807, 2.05) is 63.2 Å². The van der Waals surface area contributed by atoms with Crippen molar-refractivity contribution in [3.8, 4) is 5.75 Å². The van der Waals surface area contributed by atoms with Gasteiger partial charge in [0, 0.05) is 29.6 Å². The lowest BCUT2D eigenvalue weighted by molar-refractivity contribution is -0.116. The van der Waals surface area contributed by atoms with Crippen molar-refractivity contribution >= 4 is 22.4 Å². The number of benzene rings is 2. The highest BCUT2D eigenvalue weighted by Crippen LogP contribution is 2.34. The van der Waals surface area contributed by atoms with Gasteiger partial charge in [-0.2, -0.15) is 0 Å². The fourth-order valence-electron chi connectivity index (χ4n) is 2.96. The lowest BCUT2D eigenvalue weighted by atomic mass is 10.0. The zero-order valence-corrected chi connectivity index (χ0v) is 15.6. The largest absolute Gasteiger partial charge is 0.496 e. The second-order valence-corrected chi connectivity index (χ2v) is 6.36. The molecule has 3 aromatic rings. The molecule has 0 spiro atoms. The minimum Gasteiger partial charge on any atom is -0.496 e. The average Bonchev–Trinajstić information content (AvgIpc) is 2.93. The van der Waals surface area contributed by atoms with Gasteiger partial charge in [-0.25, -0.2) is 0 Å². The van der Waals surface area contributed by atoms with Gasteiger partial charge in [-0.05, 0) is 43.5 Å². The topological polar surface area (TPSA) is 51.5 Å². The third-order valence-corrected chi connectivity index (χ3v) is 4.58. The van der Waals surface area contributed by atoms with Gasteiger partial charge < -0.3 is 14.5 Å². The molecule has 0 saturated heterocycles. The normalized spacial score (nSPS) is 11.6. The summed E-state index contributed by atoms with van der Waals surface area (Å²) in [5.74, 6) is 1.45. The van der Waals surface area contributed by atoms with Crippen LogP contribution in [0.2, 0.25) is 0 Å². The Labute approximate surface area is 153 Å². The van der Waals surface area contributed by atoms with Gasteiger partial charge in [0.05, 0.1) is 7.11 Å². The van der Waals surface area contributed by atoms with Crippen LogP contribution in [-0.2, 0) is 11.3 Å². The summed E-state index contributed by atoms with van der Waals surface area (Å²) in [6, 6.07) is 13.7. The molecular weight excluding hydrogens is 326 g/mol. The number of methoxy groups -OCH3 is 1. The van der Waals surface area contributed by atoms with Crippen molar-refractivity contribution in [3.63, 3.8) is 0 Å². The number of rotatable bonds is 5. The minimum atomic E-state index is -0.131. The smallest absolute Gasteiger partial charge is 0.244 e. The molecule has 0 bridgehead atoms. The molecule has 0 saturated carbocycles. The molecule has 0 aliphatic heterocycles. The van der Waals surface area contributed by atoms with Crippen molar-refractivity contribution in [2.24, 2.45) is 0 Å². The number of ether oxygens (including phenoxy) is 1. The molecule has 0 atom stereocenters. The first-order valence-corrected chi connectivity index (χ1v) is 8.57. The number of allylic oxidation sites excluding steroid dienone is 1. The highest BCUT2D eigenvalue weighted by molar-refractivity contribution is 5.97. The van der Waals surface area contributed by atoms with Crippen molar-refractivity contribution < 1.29 is 13.9 Å². The van der Waals surface area contributed by atoms with Gasteiger partial charge in [0.1, 0.15) is 17.1 Å². The van der Waals surface area contributed by atoms with E-state index in [1.54, 1.807) is 13.2 Å². The number of nitrogens with one attached hydrogen (secondary N) is 1. The second kappa shape index (κ2) is 7.48. The zero-order chi connectivity index (χ0) is 18.7. The van der Waals surface area contributed by atoms with Crippen LogP contribution >= 0.6 is 0 Å². The van der Waals surface area contributed by atoms with E-state index in [0.29, 0.717) is 12.3 Å². The van der Waals surface area contributed by atoms with Gasteiger partial charge in [-0.1, -0.05) is 30.3 Å². The van der Waals surface area contributed by atoms with Gasteiger partial charge in [-0.15, -0.1) is 0 Å². The first kappa shape index (κ1) is 17.8. The van der Waals surface area contributed by atoms with Crippen LogP contribution in [-0.4, -0.2) is 13.0 Å². The van der Waals surface area contributed by atoms with E-state index in [9.17, 15) is 4.79 Å². The maximum absolute atomic E-state index is 12.3. The van der Waals surface area contributed by atoms with Gasteiger partial charge in [0.15, 0.2) is 0 Å². The zero-order valence-electron chi connectivity index (χ0n) is 15.6. The first-order valence-electron chi connectivity index (χ1n) is 8.57. The molecule has 0 unspecified atom stereocenters. The number of carbonyl (C=O) groups is 1. The number of aryl methyl sites for hydroxylation is 2. The third kappa shape index (κ3) is 3.64. The summed E-state index contributed by atoms with van der Waals surface area (Å²) in [6.45, 7) is 6.39. The Bertz CT molecular complexity index is 968. The molecule has 4 heteroatoms. The van der Waals surface area contributed by atoms with Crippen molar-refractivity contribution in [3.05, 3.63) is 71.0 Å². The van der Waals surface area contributed by atoms with E-state index in [0.717, 1.165) is 39.0 Å². The van der Waals surface area contributed by atoms with E-state index >= 15 is 0 Å². The molecule has 4 nitrogen and oxygen atoms in total. The quantitative estimate of drug-likeness (QED) is 0.675. The molecule has 0 aliphatic carbocycles. The first-order chi connectivity index (χ1) is 12.5. The summed E-state index contributed by atoms with van der Waals surface area (Å²) < 4.78 is 11.3. The standard InChI is InChI=1S/C22H23NO3/c1-14(10-22(24)23-13-17-8-6-5-7-9-17)18-11-19-15(2)16(3)26-21(19)12-20(18)25-4/h5-12H,13H2,1-4H3,(H,23,24)/b14-10+. The maximum Gasteiger partial charge on any atom is 0.244 e. The number of hydrogen-bond donors (Lipinski definition) is 1. The summed E-state index contributed by atoms with van der Waals surface area (Å²) in [5, 5.41) is 3.95. The number of amides is 1. The Morgan fingerprint density at radius 1 is 1.19 bits per heavy atom. The molecule has 26 heavy (non-hydrogen) atoms. The summed E-state index contributed by atoms with van der Waals surface area (Å²) in [5.41, 5.74) is 4.69.